The van der Waals surface area contributed by atoms with Gasteiger partial charge in [0, 0.05) is 51.1 Å². The molecule has 38 heavy (non-hydrogen) atoms. The quantitative estimate of drug-likeness (QED) is 0.497. The Morgan fingerprint density at radius 2 is 1.47 bits per heavy atom. The Balaban J connectivity index is 1.17. The highest BCUT2D eigenvalue weighted by Gasteiger charge is 2.30. The molecular weight excluding hydrogens is 482 g/mol. The summed E-state index contributed by atoms with van der Waals surface area (Å²) in [6.07, 6.45) is -0.614. The first-order chi connectivity index (χ1) is 18.4. The van der Waals surface area contributed by atoms with Gasteiger partial charge < -0.3 is 25.0 Å². The van der Waals surface area contributed by atoms with E-state index < -0.39 is 18.1 Å². The lowest BCUT2D eigenvalue weighted by molar-refractivity contribution is -0.139. The number of carboxylic acids is 1. The monoisotopic (exact) mass is 513 g/mol. The largest absolute Gasteiger partial charge is 0.480 e. The number of hydrogen-bond donors (Lipinski definition) is 2. The number of benzene rings is 3. The molecule has 0 saturated carbocycles. The van der Waals surface area contributed by atoms with Crippen LogP contribution in [0.5, 0.6) is 0 Å². The molecule has 1 aliphatic carbocycles. The Bertz CT molecular complexity index is 1290. The molecule has 0 radical (unpaired) electrons. The maximum atomic E-state index is 12.6. The van der Waals surface area contributed by atoms with Gasteiger partial charge in [0.1, 0.15) is 12.6 Å². The van der Waals surface area contributed by atoms with E-state index in [9.17, 15) is 19.5 Å². The molecule has 1 fully saturated rings. The van der Waals surface area contributed by atoms with E-state index >= 15 is 0 Å². The second-order valence-corrected chi connectivity index (χ2v) is 9.72. The molecule has 3 aromatic rings. The van der Waals surface area contributed by atoms with Gasteiger partial charge in [-0.25, -0.2) is 9.59 Å². The van der Waals surface area contributed by atoms with Gasteiger partial charge in [-0.15, -0.1) is 0 Å². The van der Waals surface area contributed by atoms with E-state index in [-0.39, 0.29) is 24.9 Å². The van der Waals surface area contributed by atoms with Gasteiger partial charge in [0.2, 0.25) is 5.91 Å². The molecule has 8 heteroatoms. The number of ether oxygens (including phenoxy) is 1. The number of aliphatic carboxylic acids is 1. The van der Waals surface area contributed by atoms with E-state index in [0.717, 1.165) is 46.6 Å². The number of nitrogens with zero attached hydrogens (tertiary/aromatic N) is 2. The van der Waals surface area contributed by atoms with Crippen molar-refractivity contribution < 1.29 is 24.2 Å². The molecule has 2 amide bonds. The maximum absolute atomic E-state index is 12.6. The number of alkyl carbamates (subject to hydrolysis) is 1. The number of anilines is 1. The normalized spacial score (nSPS) is 15.4. The van der Waals surface area contributed by atoms with Gasteiger partial charge in [0.05, 0.1) is 0 Å². The van der Waals surface area contributed by atoms with Crippen molar-refractivity contribution in [3.05, 3.63) is 89.5 Å². The number of carbonyl (C=O) groups is 3. The molecule has 8 nitrogen and oxygen atoms in total. The number of fused-ring (bicyclic) bond motifs is 3. The first-order valence-electron chi connectivity index (χ1n) is 12.8. The highest BCUT2D eigenvalue weighted by molar-refractivity contribution is 5.81. The van der Waals surface area contributed by atoms with Crippen LogP contribution < -0.4 is 10.2 Å². The summed E-state index contributed by atoms with van der Waals surface area (Å²) in [4.78, 5) is 40.1. The van der Waals surface area contributed by atoms with Crippen molar-refractivity contribution in [2.45, 2.75) is 25.3 Å². The van der Waals surface area contributed by atoms with Crippen LogP contribution in [0.15, 0.2) is 72.8 Å². The van der Waals surface area contributed by atoms with Gasteiger partial charge in [-0.05, 0) is 39.9 Å². The van der Waals surface area contributed by atoms with Crippen LogP contribution in [-0.4, -0.2) is 66.8 Å². The Morgan fingerprint density at radius 3 is 2.03 bits per heavy atom. The van der Waals surface area contributed by atoms with E-state index in [1.54, 1.807) is 6.92 Å². The summed E-state index contributed by atoms with van der Waals surface area (Å²) in [5.74, 6) is -1.13. The van der Waals surface area contributed by atoms with Crippen LogP contribution in [0.4, 0.5) is 10.5 Å². The van der Waals surface area contributed by atoms with Crippen LogP contribution >= 0.6 is 0 Å². The molecule has 3 aromatic carbocycles. The summed E-state index contributed by atoms with van der Waals surface area (Å²) in [5, 5.41) is 12.3. The van der Waals surface area contributed by atoms with Gasteiger partial charge in [0.25, 0.3) is 0 Å². The predicted molar refractivity (Wildman–Crippen MR) is 144 cm³/mol. The average Bonchev–Trinajstić information content (AvgIpc) is 3.25. The van der Waals surface area contributed by atoms with Crippen LogP contribution in [0, 0.1) is 0 Å². The van der Waals surface area contributed by atoms with Crippen molar-refractivity contribution >= 4 is 23.7 Å². The summed E-state index contributed by atoms with van der Waals surface area (Å²) in [6, 6.07) is 22.6. The Kier molecular flexibility index (Phi) is 7.31. The van der Waals surface area contributed by atoms with Crippen LogP contribution in [0.3, 0.4) is 0 Å². The molecule has 2 aliphatic rings. The third-order valence-electron chi connectivity index (χ3n) is 7.40. The highest BCUT2D eigenvalue weighted by Crippen LogP contribution is 2.44. The van der Waals surface area contributed by atoms with Crippen LogP contribution in [-0.2, 0) is 20.7 Å². The molecule has 1 atom stereocenters. The van der Waals surface area contributed by atoms with Crippen LogP contribution in [0.25, 0.3) is 11.1 Å². The minimum Gasteiger partial charge on any atom is -0.480 e. The van der Waals surface area contributed by atoms with E-state index in [1.165, 1.54) is 0 Å². The number of carbonyl (C=O) groups excluding carboxylic acids is 2. The van der Waals surface area contributed by atoms with E-state index in [1.807, 2.05) is 65.6 Å². The van der Waals surface area contributed by atoms with Gasteiger partial charge in [-0.1, -0.05) is 60.7 Å². The summed E-state index contributed by atoms with van der Waals surface area (Å²) in [6.45, 7) is 4.57. The van der Waals surface area contributed by atoms with Crippen molar-refractivity contribution in [3.8, 4) is 11.1 Å². The standard InChI is InChI=1S/C30H31N3O5/c1-20(34)32-14-16-33(17-15-32)22-12-10-21(11-13-22)18-28(29(35)36)31-30(37)38-19-27-25-8-4-2-6-23(25)24-7-3-5-9-26(24)27/h2-13,27-28H,14-19H2,1H3,(H,31,37)(H,35,36). The van der Waals surface area contributed by atoms with Crippen molar-refractivity contribution in [1.29, 1.82) is 0 Å². The molecule has 0 aromatic heterocycles. The topological polar surface area (TPSA) is 99.2 Å². The summed E-state index contributed by atoms with van der Waals surface area (Å²) < 4.78 is 5.53. The summed E-state index contributed by atoms with van der Waals surface area (Å²) in [5.41, 5.74) is 6.27. The second-order valence-electron chi connectivity index (χ2n) is 9.72. The first-order valence-corrected chi connectivity index (χ1v) is 12.8. The van der Waals surface area contributed by atoms with E-state index in [2.05, 4.69) is 22.3 Å². The number of amides is 2. The van der Waals surface area contributed by atoms with Crippen LogP contribution in [0.1, 0.15) is 29.5 Å². The minimum absolute atomic E-state index is 0.0867. The van der Waals surface area contributed by atoms with E-state index in [0.29, 0.717) is 13.1 Å². The Hall–Kier alpha value is -4.33. The van der Waals surface area contributed by atoms with Crippen LogP contribution in [0.2, 0.25) is 0 Å². The summed E-state index contributed by atoms with van der Waals surface area (Å²) >= 11 is 0. The Morgan fingerprint density at radius 1 is 0.895 bits per heavy atom. The first kappa shape index (κ1) is 25.3. The molecule has 5 rings (SSSR count). The van der Waals surface area contributed by atoms with Crippen molar-refractivity contribution in [2.75, 3.05) is 37.7 Å². The lowest BCUT2D eigenvalue weighted by atomic mass is 9.98. The molecule has 1 aliphatic heterocycles. The fourth-order valence-corrected chi connectivity index (χ4v) is 5.34. The predicted octanol–water partition coefficient (Wildman–Crippen LogP) is 3.89. The third-order valence-corrected chi connectivity index (χ3v) is 7.40. The minimum atomic E-state index is -1.12. The van der Waals surface area contributed by atoms with Gasteiger partial charge in [-0.2, -0.15) is 0 Å². The zero-order valence-electron chi connectivity index (χ0n) is 21.3. The number of nitrogens with one attached hydrogen (secondary N) is 1. The van der Waals surface area contributed by atoms with Crippen molar-refractivity contribution in [1.82, 2.24) is 10.2 Å². The molecule has 1 unspecified atom stereocenters. The molecule has 1 saturated heterocycles. The van der Waals surface area contributed by atoms with Gasteiger partial charge in [-0.3, -0.25) is 4.79 Å². The van der Waals surface area contributed by atoms with Crippen molar-refractivity contribution in [2.24, 2.45) is 0 Å². The lowest BCUT2D eigenvalue weighted by Crippen LogP contribution is -2.48. The third kappa shape index (κ3) is 5.34. The van der Waals surface area contributed by atoms with E-state index in [4.69, 9.17) is 4.74 Å². The lowest BCUT2D eigenvalue weighted by Gasteiger charge is -2.35. The zero-order valence-corrected chi connectivity index (χ0v) is 21.3. The number of carboxylic acid groups (broad SMARTS) is 1. The smallest absolute Gasteiger partial charge is 0.407 e. The molecule has 0 spiro atoms. The maximum Gasteiger partial charge on any atom is 0.407 e. The second kappa shape index (κ2) is 11.0. The summed E-state index contributed by atoms with van der Waals surface area (Å²) in [7, 11) is 0. The molecule has 0 bridgehead atoms. The average molecular weight is 514 g/mol. The number of rotatable bonds is 7. The molecule has 1 heterocycles. The molecule has 2 N–H and O–H groups in total. The Labute approximate surface area is 221 Å². The van der Waals surface area contributed by atoms with Gasteiger partial charge in [0.15, 0.2) is 0 Å². The van der Waals surface area contributed by atoms with Crippen molar-refractivity contribution in [3.63, 3.8) is 0 Å². The van der Waals surface area contributed by atoms with Gasteiger partial charge >= 0.3 is 12.1 Å². The number of piperazine rings is 1. The SMILES string of the molecule is CC(=O)N1CCN(c2ccc(CC(NC(=O)OCC3c4ccccc4-c4ccccc43)C(=O)O)cc2)CC1. The fraction of sp³-hybridized carbons (Fsp3) is 0.300. The fourth-order valence-electron chi connectivity index (χ4n) is 5.34. The number of hydrogen-bond acceptors (Lipinski definition) is 5. The molecular formula is C30H31N3O5. The highest BCUT2D eigenvalue weighted by atomic mass is 16.5. The molecule has 196 valence electrons. The zero-order chi connectivity index (χ0) is 26.6.